The average molecular weight is 314 g/mol. The molecule has 0 radical (unpaired) electrons. The molecule has 2 rings (SSSR count). The normalized spacial score (nSPS) is 11.6. The van der Waals surface area contributed by atoms with Crippen LogP contribution >= 0.6 is 12.2 Å². The quantitative estimate of drug-likeness (QED) is 0.799. The van der Waals surface area contributed by atoms with Crippen LogP contribution in [0.25, 0.3) is 0 Å². The van der Waals surface area contributed by atoms with Crippen molar-refractivity contribution in [1.82, 2.24) is 5.32 Å². The third kappa shape index (κ3) is 4.46. The first kappa shape index (κ1) is 16.3. The number of ether oxygens (including phenoxy) is 1. The third-order valence-corrected chi connectivity index (χ3v) is 3.58. The minimum Gasteiger partial charge on any atom is -0.492 e. The largest absolute Gasteiger partial charge is 0.492 e. The van der Waals surface area contributed by atoms with Crippen molar-refractivity contribution in [3.63, 3.8) is 0 Å². The molecule has 2 N–H and O–H groups in total. The van der Waals surface area contributed by atoms with E-state index in [1.165, 1.54) is 11.1 Å². The van der Waals surface area contributed by atoms with Gasteiger partial charge in [-0.1, -0.05) is 42.0 Å². The fourth-order valence-electron chi connectivity index (χ4n) is 2.14. The summed E-state index contributed by atoms with van der Waals surface area (Å²) in [4.78, 5) is 0. The molecule has 0 spiro atoms. The van der Waals surface area contributed by atoms with Crippen molar-refractivity contribution >= 4 is 23.0 Å². The molecule has 0 aliphatic rings. The van der Waals surface area contributed by atoms with Crippen molar-refractivity contribution < 1.29 is 4.74 Å². The van der Waals surface area contributed by atoms with E-state index in [0.29, 0.717) is 11.7 Å². The summed E-state index contributed by atoms with van der Waals surface area (Å²) in [5.74, 6) is 0.803. The fourth-order valence-corrected chi connectivity index (χ4v) is 2.43. The minimum atomic E-state index is 0.139. The Morgan fingerprint density at radius 1 is 1.14 bits per heavy atom. The molecule has 0 saturated heterocycles. The zero-order chi connectivity index (χ0) is 15.9. The Morgan fingerprint density at radius 2 is 1.82 bits per heavy atom. The lowest BCUT2D eigenvalue weighted by atomic mass is 10.1. The van der Waals surface area contributed by atoms with Gasteiger partial charge in [-0.25, -0.2) is 0 Å². The lowest BCUT2D eigenvalue weighted by Crippen LogP contribution is -2.31. The van der Waals surface area contributed by atoms with Gasteiger partial charge in [0.1, 0.15) is 5.75 Å². The smallest absolute Gasteiger partial charge is 0.171 e. The standard InChI is InChI=1S/C18H22N2OS/c1-4-21-17-8-6-5-7-16(17)20-18(22)19-14(3)15-11-9-13(2)10-12-15/h5-12,14H,4H2,1-3H3,(H2,19,20,22)/t14-/m1/s1. The van der Waals surface area contributed by atoms with Crippen LogP contribution in [0.15, 0.2) is 48.5 Å². The van der Waals surface area contributed by atoms with E-state index in [9.17, 15) is 0 Å². The predicted molar refractivity (Wildman–Crippen MR) is 96.6 cm³/mol. The molecule has 0 aliphatic carbocycles. The van der Waals surface area contributed by atoms with Gasteiger partial charge in [-0.3, -0.25) is 0 Å². The zero-order valence-corrected chi connectivity index (χ0v) is 14.0. The molecule has 116 valence electrons. The first-order valence-corrected chi connectivity index (χ1v) is 7.87. The molecule has 0 saturated carbocycles. The van der Waals surface area contributed by atoms with Crippen LogP contribution in [0.3, 0.4) is 0 Å². The highest BCUT2D eigenvalue weighted by atomic mass is 32.1. The van der Waals surface area contributed by atoms with E-state index in [0.717, 1.165) is 11.4 Å². The van der Waals surface area contributed by atoms with Crippen molar-refractivity contribution in [3.8, 4) is 5.75 Å². The number of thiocarbonyl (C=S) groups is 1. The first-order valence-electron chi connectivity index (χ1n) is 7.46. The maximum Gasteiger partial charge on any atom is 0.171 e. The number of anilines is 1. The summed E-state index contributed by atoms with van der Waals surface area (Å²) in [7, 11) is 0. The van der Waals surface area contributed by atoms with Crippen LogP contribution in [0.2, 0.25) is 0 Å². The van der Waals surface area contributed by atoms with Crippen LogP contribution in [0.4, 0.5) is 5.69 Å². The SMILES string of the molecule is CCOc1ccccc1NC(=S)N[C@H](C)c1ccc(C)cc1. The summed E-state index contributed by atoms with van der Waals surface area (Å²) in [6.45, 7) is 6.76. The highest BCUT2D eigenvalue weighted by Gasteiger charge is 2.09. The second-order valence-electron chi connectivity index (χ2n) is 5.16. The molecule has 0 amide bonds. The van der Waals surface area contributed by atoms with Crippen LogP contribution in [0.1, 0.15) is 31.0 Å². The van der Waals surface area contributed by atoms with E-state index < -0.39 is 0 Å². The molecule has 1 atom stereocenters. The molecule has 0 heterocycles. The Bertz CT molecular complexity index is 625. The van der Waals surface area contributed by atoms with Gasteiger partial charge in [0.15, 0.2) is 5.11 Å². The molecule has 0 bridgehead atoms. The lowest BCUT2D eigenvalue weighted by molar-refractivity contribution is 0.342. The molecule has 2 aromatic carbocycles. The average Bonchev–Trinajstić information content (AvgIpc) is 2.50. The molecule has 0 aromatic heterocycles. The van der Waals surface area contributed by atoms with Crippen LogP contribution in [-0.2, 0) is 0 Å². The van der Waals surface area contributed by atoms with E-state index in [1.54, 1.807) is 0 Å². The molecule has 2 aromatic rings. The molecule has 4 heteroatoms. The Balaban J connectivity index is 1.99. The maximum atomic E-state index is 5.59. The molecule has 0 unspecified atom stereocenters. The number of benzene rings is 2. The second-order valence-corrected chi connectivity index (χ2v) is 5.57. The van der Waals surface area contributed by atoms with Gasteiger partial charge in [-0.15, -0.1) is 0 Å². The van der Waals surface area contributed by atoms with Crippen molar-refractivity contribution in [2.45, 2.75) is 26.8 Å². The van der Waals surface area contributed by atoms with Gasteiger partial charge in [0.05, 0.1) is 18.3 Å². The maximum absolute atomic E-state index is 5.59. The highest BCUT2D eigenvalue weighted by molar-refractivity contribution is 7.80. The van der Waals surface area contributed by atoms with E-state index in [2.05, 4.69) is 48.7 Å². The topological polar surface area (TPSA) is 33.3 Å². The van der Waals surface area contributed by atoms with E-state index in [-0.39, 0.29) is 6.04 Å². The lowest BCUT2D eigenvalue weighted by Gasteiger charge is -2.19. The van der Waals surface area contributed by atoms with Crippen molar-refractivity contribution in [3.05, 3.63) is 59.7 Å². The van der Waals surface area contributed by atoms with E-state index >= 15 is 0 Å². The summed E-state index contributed by atoms with van der Waals surface area (Å²) < 4.78 is 5.59. The van der Waals surface area contributed by atoms with Crippen LogP contribution in [0, 0.1) is 6.92 Å². The zero-order valence-electron chi connectivity index (χ0n) is 13.2. The van der Waals surface area contributed by atoms with Gasteiger partial charge < -0.3 is 15.4 Å². The summed E-state index contributed by atoms with van der Waals surface area (Å²) in [6.07, 6.45) is 0. The highest BCUT2D eigenvalue weighted by Crippen LogP contribution is 2.23. The summed E-state index contributed by atoms with van der Waals surface area (Å²) in [6, 6.07) is 16.4. The number of hydrogen-bond acceptors (Lipinski definition) is 2. The van der Waals surface area contributed by atoms with Crippen molar-refractivity contribution in [2.24, 2.45) is 0 Å². The number of para-hydroxylation sites is 2. The molecular formula is C18H22N2OS. The van der Waals surface area contributed by atoms with Gasteiger partial charge in [0, 0.05) is 0 Å². The monoisotopic (exact) mass is 314 g/mol. The van der Waals surface area contributed by atoms with Crippen LogP contribution in [-0.4, -0.2) is 11.7 Å². The molecular weight excluding hydrogens is 292 g/mol. The fraction of sp³-hybridized carbons (Fsp3) is 0.278. The number of rotatable bonds is 5. The van der Waals surface area contributed by atoms with Crippen LogP contribution < -0.4 is 15.4 Å². The van der Waals surface area contributed by atoms with Crippen molar-refractivity contribution in [1.29, 1.82) is 0 Å². The summed E-state index contributed by atoms with van der Waals surface area (Å²) >= 11 is 5.40. The van der Waals surface area contributed by atoms with Crippen molar-refractivity contribution in [2.75, 3.05) is 11.9 Å². The minimum absolute atomic E-state index is 0.139. The Morgan fingerprint density at radius 3 is 2.50 bits per heavy atom. The second kappa shape index (κ2) is 7.80. The molecule has 3 nitrogen and oxygen atoms in total. The van der Waals surface area contributed by atoms with E-state index in [4.69, 9.17) is 17.0 Å². The number of aryl methyl sites for hydroxylation is 1. The number of nitrogens with one attached hydrogen (secondary N) is 2. The Kier molecular flexibility index (Phi) is 5.78. The van der Waals surface area contributed by atoms with Crippen LogP contribution in [0.5, 0.6) is 5.75 Å². The number of hydrogen-bond donors (Lipinski definition) is 2. The molecule has 22 heavy (non-hydrogen) atoms. The predicted octanol–water partition coefficient (Wildman–Crippen LogP) is 4.44. The van der Waals surface area contributed by atoms with Gasteiger partial charge in [-0.2, -0.15) is 0 Å². The van der Waals surface area contributed by atoms with Gasteiger partial charge >= 0.3 is 0 Å². The Hall–Kier alpha value is -2.07. The van der Waals surface area contributed by atoms with Gasteiger partial charge in [0.2, 0.25) is 0 Å². The Labute approximate surface area is 137 Å². The van der Waals surface area contributed by atoms with E-state index in [1.807, 2.05) is 31.2 Å². The first-order chi connectivity index (χ1) is 10.6. The molecule has 0 aliphatic heterocycles. The van der Waals surface area contributed by atoms with Gasteiger partial charge in [0.25, 0.3) is 0 Å². The summed E-state index contributed by atoms with van der Waals surface area (Å²) in [5.41, 5.74) is 3.33. The third-order valence-electron chi connectivity index (χ3n) is 3.36. The van der Waals surface area contributed by atoms with Gasteiger partial charge in [-0.05, 0) is 50.7 Å². The molecule has 0 fully saturated rings. The summed E-state index contributed by atoms with van der Waals surface area (Å²) in [5, 5.41) is 7.08.